The van der Waals surface area contributed by atoms with Gasteiger partial charge in [-0.2, -0.15) is 0 Å². The molecule has 0 bridgehead atoms. The standard InChI is InChI=1S/C22H29NO5/c1-14(2)17-13-23(20(25)15-10-8-7-9-11-15)19(21(26)27-6)16(17)12-18(24)28-22(3,4)5/h7-11,16-17,19H,1,12-13H2,2-6H3/t16-,17-,19-/m0/s1. The predicted octanol–water partition coefficient (Wildman–Crippen LogP) is 3.22. The molecule has 1 fully saturated rings. The van der Waals surface area contributed by atoms with Crippen LogP contribution in [0.2, 0.25) is 0 Å². The van der Waals surface area contributed by atoms with Crippen molar-refractivity contribution in [2.45, 2.75) is 45.8 Å². The lowest BCUT2D eigenvalue weighted by Crippen LogP contribution is -2.44. The van der Waals surface area contributed by atoms with E-state index in [4.69, 9.17) is 9.47 Å². The normalized spacial score (nSPS) is 21.9. The monoisotopic (exact) mass is 387 g/mol. The van der Waals surface area contributed by atoms with Crippen molar-refractivity contribution >= 4 is 17.8 Å². The first-order chi connectivity index (χ1) is 13.0. The Labute approximate surface area is 166 Å². The van der Waals surface area contributed by atoms with Gasteiger partial charge in [0, 0.05) is 23.9 Å². The van der Waals surface area contributed by atoms with E-state index in [1.54, 1.807) is 45.0 Å². The van der Waals surface area contributed by atoms with Crippen LogP contribution in [0.5, 0.6) is 0 Å². The van der Waals surface area contributed by atoms with Gasteiger partial charge in [0.25, 0.3) is 5.91 Å². The maximum Gasteiger partial charge on any atom is 0.328 e. The van der Waals surface area contributed by atoms with E-state index in [1.807, 2.05) is 13.0 Å². The van der Waals surface area contributed by atoms with E-state index in [9.17, 15) is 14.4 Å². The van der Waals surface area contributed by atoms with E-state index in [1.165, 1.54) is 12.0 Å². The third kappa shape index (κ3) is 5.00. The van der Waals surface area contributed by atoms with Gasteiger partial charge in [-0.1, -0.05) is 30.4 Å². The number of carbonyl (C=O) groups is 3. The number of hydrogen-bond acceptors (Lipinski definition) is 5. The zero-order chi connectivity index (χ0) is 21.1. The van der Waals surface area contributed by atoms with Gasteiger partial charge in [0.2, 0.25) is 0 Å². The lowest BCUT2D eigenvalue weighted by atomic mass is 9.83. The Kier molecular flexibility index (Phi) is 6.65. The first kappa shape index (κ1) is 21.7. The predicted molar refractivity (Wildman–Crippen MR) is 106 cm³/mol. The average Bonchev–Trinajstić information content (AvgIpc) is 2.98. The van der Waals surface area contributed by atoms with Gasteiger partial charge >= 0.3 is 11.9 Å². The summed E-state index contributed by atoms with van der Waals surface area (Å²) >= 11 is 0. The molecule has 0 radical (unpaired) electrons. The van der Waals surface area contributed by atoms with Crippen molar-refractivity contribution in [2.24, 2.45) is 11.8 Å². The van der Waals surface area contributed by atoms with Crippen LogP contribution < -0.4 is 0 Å². The van der Waals surface area contributed by atoms with Crippen molar-refractivity contribution in [3.05, 3.63) is 48.0 Å². The van der Waals surface area contributed by atoms with Crippen LogP contribution in [-0.2, 0) is 19.1 Å². The summed E-state index contributed by atoms with van der Waals surface area (Å²) in [5.41, 5.74) is 0.662. The van der Waals surface area contributed by atoms with Crippen molar-refractivity contribution in [2.75, 3.05) is 13.7 Å². The number of benzene rings is 1. The van der Waals surface area contributed by atoms with Crippen LogP contribution >= 0.6 is 0 Å². The molecule has 0 unspecified atom stereocenters. The summed E-state index contributed by atoms with van der Waals surface area (Å²) in [5.74, 6) is -1.88. The highest BCUT2D eigenvalue weighted by atomic mass is 16.6. The molecule has 1 aliphatic heterocycles. The number of amides is 1. The Bertz CT molecular complexity index is 750. The van der Waals surface area contributed by atoms with Crippen molar-refractivity contribution in [1.29, 1.82) is 0 Å². The van der Waals surface area contributed by atoms with Gasteiger partial charge in [0.05, 0.1) is 13.5 Å². The smallest absolute Gasteiger partial charge is 0.328 e. The maximum atomic E-state index is 13.1. The first-order valence-electron chi connectivity index (χ1n) is 9.36. The van der Waals surface area contributed by atoms with Gasteiger partial charge < -0.3 is 14.4 Å². The second kappa shape index (κ2) is 8.59. The Morgan fingerprint density at radius 2 is 1.79 bits per heavy atom. The van der Waals surface area contributed by atoms with E-state index in [0.29, 0.717) is 12.1 Å². The fourth-order valence-corrected chi connectivity index (χ4v) is 3.64. The molecule has 2 rings (SSSR count). The number of carbonyl (C=O) groups excluding carboxylic acids is 3. The van der Waals surface area contributed by atoms with Gasteiger partial charge in [-0.05, 0) is 39.8 Å². The quantitative estimate of drug-likeness (QED) is 0.573. The van der Waals surface area contributed by atoms with Crippen LogP contribution in [0, 0.1) is 11.8 Å². The second-order valence-electron chi connectivity index (χ2n) is 8.20. The first-order valence-corrected chi connectivity index (χ1v) is 9.36. The number of likely N-dealkylation sites (tertiary alicyclic amines) is 1. The van der Waals surface area contributed by atoms with Crippen LogP contribution in [0.25, 0.3) is 0 Å². The lowest BCUT2D eigenvalue weighted by molar-refractivity contribution is -0.157. The minimum atomic E-state index is -0.869. The average molecular weight is 387 g/mol. The second-order valence-corrected chi connectivity index (χ2v) is 8.20. The van der Waals surface area contributed by atoms with Gasteiger partial charge in [0.1, 0.15) is 11.6 Å². The van der Waals surface area contributed by atoms with Crippen LogP contribution in [0.1, 0.15) is 44.5 Å². The number of rotatable bonds is 5. The van der Waals surface area contributed by atoms with Crippen molar-refractivity contribution in [3.8, 4) is 0 Å². The van der Waals surface area contributed by atoms with Gasteiger partial charge in [-0.15, -0.1) is 0 Å². The summed E-state index contributed by atoms with van der Waals surface area (Å²) in [7, 11) is 1.28. The van der Waals surface area contributed by atoms with E-state index < -0.39 is 29.5 Å². The molecule has 28 heavy (non-hydrogen) atoms. The van der Waals surface area contributed by atoms with Crippen molar-refractivity contribution in [1.82, 2.24) is 4.90 Å². The minimum absolute atomic E-state index is 0.00708. The molecule has 1 aliphatic rings. The maximum absolute atomic E-state index is 13.1. The molecule has 0 aliphatic carbocycles. The number of nitrogens with zero attached hydrogens (tertiary/aromatic N) is 1. The number of esters is 2. The zero-order valence-corrected chi connectivity index (χ0v) is 17.2. The molecule has 6 nitrogen and oxygen atoms in total. The van der Waals surface area contributed by atoms with Gasteiger partial charge in [-0.3, -0.25) is 9.59 Å². The summed E-state index contributed by atoms with van der Waals surface area (Å²) < 4.78 is 10.4. The lowest BCUT2D eigenvalue weighted by Gasteiger charge is -2.27. The highest BCUT2D eigenvalue weighted by Crippen LogP contribution is 2.38. The third-order valence-corrected chi connectivity index (χ3v) is 4.83. The highest BCUT2D eigenvalue weighted by Gasteiger charge is 2.49. The van der Waals surface area contributed by atoms with Crippen LogP contribution in [0.15, 0.2) is 42.5 Å². The summed E-state index contributed by atoms with van der Waals surface area (Å²) in [4.78, 5) is 39.7. The third-order valence-electron chi connectivity index (χ3n) is 4.83. The largest absolute Gasteiger partial charge is 0.467 e. The zero-order valence-electron chi connectivity index (χ0n) is 17.2. The van der Waals surface area contributed by atoms with E-state index >= 15 is 0 Å². The minimum Gasteiger partial charge on any atom is -0.467 e. The number of hydrogen-bond donors (Lipinski definition) is 0. The molecule has 1 saturated heterocycles. The molecule has 6 heteroatoms. The van der Waals surface area contributed by atoms with Crippen LogP contribution in [0.4, 0.5) is 0 Å². The fourth-order valence-electron chi connectivity index (χ4n) is 3.64. The van der Waals surface area contributed by atoms with E-state index in [0.717, 1.165) is 5.57 Å². The summed E-state index contributed by atoms with van der Waals surface area (Å²) in [6.45, 7) is 11.5. The molecule has 0 aromatic heterocycles. The molecular weight excluding hydrogens is 358 g/mol. The fraction of sp³-hybridized carbons (Fsp3) is 0.500. The molecule has 0 saturated carbocycles. The summed E-state index contributed by atoms with van der Waals surface area (Å²) in [6.07, 6.45) is 0.00708. The molecular formula is C22H29NO5. The Balaban J connectivity index is 2.37. The Morgan fingerprint density at radius 1 is 1.18 bits per heavy atom. The Hall–Kier alpha value is -2.63. The molecule has 152 valence electrons. The van der Waals surface area contributed by atoms with Crippen LogP contribution in [0.3, 0.4) is 0 Å². The molecule has 1 amide bonds. The topological polar surface area (TPSA) is 72.9 Å². The summed E-state index contributed by atoms with van der Waals surface area (Å²) in [5, 5.41) is 0. The molecule has 1 aromatic rings. The van der Waals surface area contributed by atoms with Crippen molar-refractivity contribution in [3.63, 3.8) is 0 Å². The highest BCUT2D eigenvalue weighted by molar-refractivity contribution is 5.97. The van der Waals surface area contributed by atoms with Crippen LogP contribution in [-0.4, -0.2) is 48.0 Å². The molecule has 1 heterocycles. The van der Waals surface area contributed by atoms with E-state index in [2.05, 4.69) is 6.58 Å². The molecule has 0 spiro atoms. The number of ether oxygens (including phenoxy) is 2. The van der Waals surface area contributed by atoms with Crippen molar-refractivity contribution < 1.29 is 23.9 Å². The molecule has 1 aromatic carbocycles. The van der Waals surface area contributed by atoms with E-state index in [-0.39, 0.29) is 18.2 Å². The Morgan fingerprint density at radius 3 is 2.29 bits per heavy atom. The SMILES string of the molecule is C=C(C)[C@@H]1CN(C(=O)c2ccccc2)[C@H](C(=O)OC)[C@H]1CC(=O)OC(C)(C)C. The van der Waals surface area contributed by atoms with Gasteiger partial charge in [-0.25, -0.2) is 4.79 Å². The summed E-state index contributed by atoms with van der Waals surface area (Å²) in [6, 6.07) is 7.89. The molecule has 0 N–H and O–H groups in total. The van der Waals surface area contributed by atoms with Gasteiger partial charge in [0.15, 0.2) is 0 Å². The molecule has 3 atom stereocenters. The number of methoxy groups -OCH3 is 1.